The Bertz CT molecular complexity index is 1630. The zero-order chi connectivity index (χ0) is 22.7. The van der Waals surface area contributed by atoms with Gasteiger partial charge in [-0.05, 0) is 46.2 Å². The van der Waals surface area contributed by atoms with Gasteiger partial charge in [-0.1, -0.05) is 58.0 Å². The average Bonchev–Trinajstić information content (AvgIpc) is 3.55. The molecule has 0 saturated heterocycles. The van der Waals surface area contributed by atoms with Crippen LogP contribution in [0.3, 0.4) is 0 Å². The van der Waals surface area contributed by atoms with Gasteiger partial charge in [-0.25, -0.2) is 9.97 Å². The van der Waals surface area contributed by atoms with Crippen molar-refractivity contribution in [2.75, 3.05) is 0 Å². The van der Waals surface area contributed by atoms with Gasteiger partial charge in [-0.2, -0.15) is 0 Å². The van der Waals surface area contributed by atoms with E-state index in [9.17, 15) is 0 Å². The van der Waals surface area contributed by atoms with E-state index in [4.69, 9.17) is 4.98 Å². The maximum atomic E-state index is 4.75. The molecule has 0 bridgehead atoms. The Kier molecular flexibility index (Phi) is 4.63. The van der Waals surface area contributed by atoms with Crippen LogP contribution in [0.2, 0.25) is 0 Å². The quantitative estimate of drug-likeness (QED) is 0.284. The van der Waals surface area contributed by atoms with Crippen LogP contribution in [0, 0.1) is 0 Å². The van der Waals surface area contributed by atoms with Gasteiger partial charge in [-0.3, -0.25) is 0 Å². The van der Waals surface area contributed by atoms with Crippen LogP contribution in [0.25, 0.3) is 53.6 Å². The molecule has 0 saturated carbocycles. The van der Waals surface area contributed by atoms with Crippen LogP contribution in [0.1, 0.15) is 51.2 Å². The van der Waals surface area contributed by atoms with Crippen molar-refractivity contribution in [2.24, 2.45) is 0 Å². The molecule has 0 atom stereocenters. The normalized spacial score (nSPS) is 12.2. The van der Waals surface area contributed by atoms with Crippen LogP contribution in [0.4, 0.5) is 0 Å². The molecule has 0 aliphatic rings. The summed E-state index contributed by atoms with van der Waals surface area (Å²) in [6, 6.07) is 20.0. The molecule has 33 heavy (non-hydrogen) atoms. The number of hydrogen-bond acceptors (Lipinski definition) is 3. The van der Waals surface area contributed by atoms with Crippen LogP contribution in [-0.4, -0.2) is 19.9 Å². The molecule has 6 aromatic rings. The van der Waals surface area contributed by atoms with Gasteiger partial charge in [0.25, 0.3) is 0 Å². The van der Waals surface area contributed by atoms with Gasteiger partial charge in [0.1, 0.15) is 11.6 Å². The highest BCUT2D eigenvalue weighted by atomic mass is 32.1. The molecule has 0 radical (unpaired) electrons. The Morgan fingerprint density at radius 2 is 1.52 bits per heavy atom. The van der Waals surface area contributed by atoms with Crippen molar-refractivity contribution in [3.05, 3.63) is 72.4 Å². The molecule has 2 N–H and O–H groups in total. The second-order valence-corrected chi connectivity index (χ2v) is 10.5. The largest absolute Gasteiger partial charge is 0.341 e. The first kappa shape index (κ1) is 20.2. The molecule has 164 valence electrons. The van der Waals surface area contributed by atoms with Crippen LogP contribution in [-0.2, 0) is 0 Å². The van der Waals surface area contributed by atoms with E-state index < -0.39 is 0 Å². The maximum absolute atomic E-state index is 4.75. The highest BCUT2D eigenvalue weighted by Crippen LogP contribution is 2.36. The molecule has 0 aliphatic heterocycles. The molecular formula is C28H26N4S. The van der Waals surface area contributed by atoms with E-state index in [1.807, 2.05) is 17.5 Å². The van der Waals surface area contributed by atoms with Gasteiger partial charge >= 0.3 is 0 Å². The molecule has 3 aromatic heterocycles. The molecule has 0 amide bonds. The van der Waals surface area contributed by atoms with E-state index >= 15 is 0 Å². The lowest BCUT2D eigenvalue weighted by Gasteiger charge is -2.05. The van der Waals surface area contributed by atoms with Crippen molar-refractivity contribution < 1.29 is 0 Å². The number of fused-ring (bicyclic) bond motifs is 4. The van der Waals surface area contributed by atoms with E-state index in [1.165, 1.54) is 36.9 Å². The van der Waals surface area contributed by atoms with E-state index in [-0.39, 0.29) is 0 Å². The number of benzene rings is 3. The van der Waals surface area contributed by atoms with Gasteiger partial charge in [0.15, 0.2) is 0 Å². The number of rotatable bonds is 4. The molecule has 0 fully saturated rings. The Hall–Kier alpha value is -3.44. The van der Waals surface area contributed by atoms with Gasteiger partial charge in [0.05, 0.1) is 27.8 Å². The van der Waals surface area contributed by atoms with E-state index in [2.05, 4.69) is 97.2 Å². The lowest BCUT2D eigenvalue weighted by molar-refractivity contribution is 0.795. The summed E-state index contributed by atoms with van der Waals surface area (Å²) in [6.07, 6.45) is 1.95. The molecule has 5 heteroatoms. The lowest BCUT2D eigenvalue weighted by atomic mass is 10.00. The van der Waals surface area contributed by atoms with Crippen molar-refractivity contribution in [3.8, 4) is 21.7 Å². The first-order valence-corrected chi connectivity index (χ1v) is 12.3. The summed E-state index contributed by atoms with van der Waals surface area (Å²) in [7, 11) is 0. The fraction of sp³-hybridized carbons (Fsp3) is 0.214. The number of thiophene rings is 1. The fourth-order valence-corrected chi connectivity index (χ4v) is 5.45. The first-order chi connectivity index (χ1) is 16.0. The summed E-state index contributed by atoms with van der Waals surface area (Å²) < 4.78 is 1.29. The molecule has 3 aromatic carbocycles. The van der Waals surface area contributed by atoms with Gasteiger partial charge in [0.2, 0.25) is 0 Å². The number of imidazole rings is 2. The second-order valence-electron chi connectivity index (χ2n) is 9.37. The molecule has 3 heterocycles. The molecule has 0 aliphatic carbocycles. The number of aromatic amines is 2. The minimum Gasteiger partial charge on any atom is -0.341 e. The lowest BCUT2D eigenvalue weighted by Crippen LogP contribution is -1.88. The zero-order valence-corrected chi connectivity index (χ0v) is 20.0. The molecule has 0 unspecified atom stereocenters. The van der Waals surface area contributed by atoms with Gasteiger partial charge < -0.3 is 9.97 Å². The van der Waals surface area contributed by atoms with Crippen LogP contribution in [0.15, 0.2) is 60.8 Å². The molecular weight excluding hydrogens is 424 g/mol. The molecule has 0 spiro atoms. The number of H-pyrrole nitrogens is 2. The fourth-order valence-electron chi connectivity index (χ4n) is 4.38. The van der Waals surface area contributed by atoms with E-state index in [0.717, 1.165) is 28.4 Å². The third kappa shape index (κ3) is 3.44. The summed E-state index contributed by atoms with van der Waals surface area (Å²) in [5.74, 6) is 2.85. The third-order valence-electron chi connectivity index (χ3n) is 6.30. The van der Waals surface area contributed by atoms with Crippen molar-refractivity contribution in [3.63, 3.8) is 0 Å². The summed E-state index contributed by atoms with van der Waals surface area (Å²) in [6.45, 7) is 8.65. The summed E-state index contributed by atoms with van der Waals surface area (Å²) in [4.78, 5) is 17.5. The van der Waals surface area contributed by atoms with Crippen LogP contribution < -0.4 is 0 Å². The maximum Gasteiger partial charge on any atom is 0.109 e. The molecule has 4 nitrogen and oxygen atoms in total. The Labute approximate surface area is 196 Å². The minimum absolute atomic E-state index is 0.382. The van der Waals surface area contributed by atoms with Gasteiger partial charge in [-0.15, -0.1) is 11.3 Å². The number of aromatic nitrogens is 4. The predicted octanol–water partition coefficient (Wildman–Crippen LogP) is 8.23. The summed E-state index contributed by atoms with van der Waals surface area (Å²) in [5.41, 5.74) is 5.72. The first-order valence-electron chi connectivity index (χ1n) is 11.5. The average molecular weight is 451 g/mol. The van der Waals surface area contributed by atoms with Gasteiger partial charge in [0, 0.05) is 21.9 Å². The molecule has 6 rings (SSSR count). The summed E-state index contributed by atoms with van der Waals surface area (Å²) >= 11 is 1.81. The van der Waals surface area contributed by atoms with Crippen molar-refractivity contribution in [1.82, 2.24) is 19.9 Å². The monoisotopic (exact) mass is 450 g/mol. The standard InChI is InChI=1S/C28H26N4S/c1-15(2)27-29-14-23(31-27)25-13-20-6-5-18(12-24(20)33-25)17-7-9-21-19(11-17)8-10-22-26(21)32-28(30-22)16(3)4/h5-16H,1-4H3,(H,29,31)(H,30,32). The van der Waals surface area contributed by atoms with Crippen LogP contribution >= 0.6 is 11.3 Å². The van der Waals surface area contributed by atoms with Crippen LogP contribution in [0.5, 0.6) is 0 Å². The Morgan fingerprint density at radius 1 is 0.758 bits per heavy atom. The minimum atomic E-state index is 0.382. The number of nitrogens with one attached hydrogen (secondary N) is 2. The Balaban J connectivity index is 1.40. The predicted molar refractivity (Wildman–Crippen MR) is 140 cm³/mol. The van der Waals surface area contributed by atoms with E-state index in [1.54, 1.807) is 0 Å². The zero-order valence-electron chi connectivity index (χ0n) is 19.2. The number of nitrogens with zero attached hydrogens (tertiary/aromatic N) is 2. The highest BCUT2D eigenvalue weighted by molar-refractivity contribution is 7.22. The number of hydrogen-bond donors (Lipinski definition) is 2. The van der Waals surface area contributed by atoms with Crippen molar-refractivity contribution in [2.45, 2.75) is 39.5 Å². The van der Waals surface area contributed by atoms with Crippen molar-refractivity contribution in [1.29, 1.82) is 0 Å². The third-order valence-corrected chi connectivity index (χ3v) is 7.43. The topological polar surface area (TPSA) is 57.4 Å². The highest BCUT2D eigenvalue weighted by Gasteiger charge is 2.12. The summed E-state index contributed by atoms with van der Waals surface area (Å²) in [5, 5.41) is 3.71. The SMILES string of the molecule is CC(C)c1ncc(-c2cc3ccc(-c4ccc5c(ccc6nc(C(C)C)[nH]c65)c4)cc3s2)[nH]1. The smallest absolute Gasteiger partial charge is 0.109 e. The van der Waals surface area contributed by atoms with E-state index in [0.29, 0.717) is 11.8 Å². The second kappa shape index (κ2) is 7.56. The van der Waals surface area contributed by atoms with Crippen molar-refractivity contribution >= 4 is 43.2 Å². The Morgan fingerprint density at radius 3 is 2.30 bits per heavy atom.